The molecule has 5 nitrogen and oxygen atoms in total. The summed E-state index contributed by atoms with van der Waals surface area (Å²) in [5.74, 6) is -0.0127. The van der Waals surface area contributed by atoms with E-state index in [-0.39, 0.29) is 11.3 Å². The number of nitrogens with one attached hydrogen (secondary N) is 2. The molecule has 2 aromatic carbocycles. The number of thiophene rings is 1. The molecule has 6 rings (SSSR count). The maximum atomic E-state index is 12.8. The van der Waals surface area contributed by atoms with E-state index in [1.54, 1.807) is 6.33 Å². The van der Waals surface area contributed by atoms with Gasteiger partial charge in [0.25, 0.3) is 5.91 Å². The summed E-state index contributed by atoms with van der Waals surface area (Å²) in [6.07, 6.45) is 5.27. The highest BCUT2D eigenvalue weighted by Gasteiger charge is 2.39. The molecule has 33 heavy (non-hydrogen) atoms. The maximum Gasteiger partial charge on any atom is 0.261 e. The highest BCUT2D eigenvalue weighted by molar-refractivity contribution is 7.12. The molecule has 5 aromatic rings. The highest BCUT2D eigenvalue weighted by atomic mass is 32.1. The molecule has 0 aliphatic heterocycles. The van der Waals surface area contributed by atoms with Gasteiger partial charge < -0.3 is 10.3 Å². The third-order valence-electron chi connectivity index (χ3n) is 6.61. The van der Waals surface area contributed by atoms with E-state index in [4.69, 9.17) is 0 Å². The monoisotopic (exact) mass is 450 g/mol. The predicted octanol–water partition coefficient (Wildman–Crippen LogP) is 5.15. The summed E-state index contributed by atoms with van der Waals surface area (Å²) < 4.78 is 0. The number of aromatic amines is 1. The summed E-state index contributed by atoms with van der Waals surface area (Å²) in [5, 5.41) is 6.16. The second-order valence-corrected chi connectivity index (χ2v) is 9.55. The zero-order valence-electron chi connectivity index (χ0n) is 17.9. The van der Waals surface area contributed by atoms with Gasteiger partial charge in [0.15, 0.2) is 0 Å². The number of benzene rings is 2. The number of amides is 1. The van der Waals surface area contributed by atoms with Crippen LogP contribution in [0, 0.1) is 0 Å². The Balaban J connectivity index is 1.40. The van der Waals surface area contributed by atoms with Crippen molar-refractivity contribution in [2.75, 3.05) is 6.54 Å². The van der Waals surface area contributed by atoms with Crippen molar-refractivity contribution >= 4 is 28.3 Å². The van der Waals surface area contributed by atoms with Crippen LogP contribution in [-0.2, 0) is 18.3 Å². The molecule has 2 N–H and O–H groups in total. The first-order chi connectivity index (χ1) is 16.2. The van der Waals surface area contributed by atoms with E-state index in [1.165, 1.54) is 28.0 Å². The summed E-state index contributed by atoms with van der Waals surface area (Å²) in [7, 11) is 0. The Labute approximate surface area is 195 Å². The van der Waals surface area contributed by atoms with Crippen molar-refractivity contribution in [2.45, 2.75) is 18.3 Å². The van der Waals surface area contributed by atoms with Crippen LogP contribution in [-0.4, -0.2) is 27.4 Å². The van der Waals surface area contributed by atoms with Gasteiger partial charge in [0.1, 0.15) is 12.0 Å². The topological polar surface area (TPSA) is 70.7 Å². The van der Waals surface area contributed by atoms with Gasteiger partial charge >= 0.3 is 0 Å². The summed E-state index contributed by atoms with van der Waals surface area (Å²) in [6, 6.07) is 23.0. The van der Waals surface area contributed by atoms with Gasteiger partial charge in [0.05, 0.1) is 10.6 Å². The van der Waals surface area contributed by atoms with E-state index in [1.807, 2.05) is 29.8 Å². The smallest absolute Gasteiger partial charge is 0.261 e. The van der Waals surface area contributed by atoms with Crippen LogP contribution < -0.4 is 5.32 Å². The minimum absolute atomic E-state index is 0.0127. The zero-order chi connectivity index (χ0) is 22.3. The molecule has 0 bridgehead atoms. The van der Waals surface area contributed by atoms with Gasteiger partial charge in [-0.25, -0.2) is 9.97 Å². The lowest BCUT2D eigenvalue weighted by Crippen LogP contribution is -2.41. The number of fused-ring (bicyclic) bond motifs is 2. The molecular formula is C27H22N4OS. The average molecular weight is 451 g/mol. The molecule has 1 aliphatic carbocycles. The van der Waals surface area contributed by atoms with Crippen molar-refractivity contribution in [1.82, 2.24) is 20.3 Å². The number of rotatable bonds is 5. The van der Waals surface area contributed by atoms with Crippen LogP contribution in [0.4, 0.5) is 0 Å². The van der Waals surface area contributed by atoms with Crippen LogP contribution in [0.3, 0.4) is 0 Å². The summed E-state index contributed by atoms with van der Waals surface area (Å²) in [6.45, 7) is 0.575. The Kier molecular flexibility index (Phi) is 4.80. The van der Waals surface area contributed by atoms with E-state index in [0.717, 1.165) is 40.0 Å². The Hall–Kier alpha value is -3.77. The highest BCUT2D eigenvalue weighted by Crippen LogP contribution is 2.41. The maximum absolute atomic E-state index is 12.8. The van der Waals surface area contributed by atoms with Crippen molar-refractivity contribution in [3.8, 4) is 11.3 Å². The van der Waals surface area contributed by atoms with Gasteiger partial charge in [-0.15, -0.1) is 11.3 Å². The molecule has 3 heterocycles. The number of aromatic nitrogens is 3. The normalized spacial score (nSPS) is 14.3. The van der Waals surface area contributed by atoms with Crippen LogP contribution >= 0.6 is 11.3 Å². The number of H-pyrrole nitrogens is 1. The molecule has 0 saturated heterocycles. The molecule has 0 radical (unpaired) electrons. The Morgan fingerprint density at radius 1 is 1.00 bits per heavy atom. The van der Waals surface area contributed by atoms with Crippen LogP contribution in [0.5, 0.6) is 0 Å². The molecule has 0 unspecified atom stereocenters. The van der Waals surface area contributed by atoms with E-state index >= 15 is 0 Å². The molecule has 1 aliphatic rings. The quantitative estimate of drug-likeness (QED) is 0.389. The number of carbonyl (C=O) groups excluding carboxylic acids is 1. The minimum Gasteiger partial charge on any atom is -0.350 e. The Bertz CT molecular complexity index is 1430. The lowest BCUT2D eigenvalue weighted by Gasteiger charge is -2.30. The largest absolute Gasteiger partial charge is 0.350 e. The Morgan fingerprint density at radius 2 is 1.85 bits per heavy atom. The fourth-order valence-electron chi connectivity index (χ4n) is 4.97. The Morgan fingerprint density at radius 3 is 2.64 bits per heavy atom. The number of nitrogens with zero attached hydrogens (tertiary/aromatic N) is 2. The van der Waals surface area contributed by atoms with Gasteiger partial charge in [-0.1, -0.05) is 48.5 Å². The minimum atomic E-state index is -0.211. The molecule has 0 fully saturated rings. The van der Waals surface area contributed by atoms with E-state index in [0.29, 0.717) is 6.54 Å². The first-order valence-electron chi connectivity index (χ1n) is 11.0. The summed E-state index contributed by atoms with van der Waals surface area (Å²) >= 11 is 1.47. The molecular weight excluding hydrogens is 428 g/mol. The second-order valence-electron chi connectivity index (χ2n) is 8.61. The van der Waals surface area contributed by atoms with Gasteiger partial charge in [-0.3, -0.25) is 4.79 Å². The molecule has 1 amide bonds. The van der Waals surface area contributed by atoms with Gasteiger partial charge in [0, 0.05) is 29.1 Å². The standard InChI is InChI=1S/C27H22N4OS/c32-26(23-9-4-12-33-23)29-16-27(14-19-5-1-2-6-20(19)15-27)21-8-3-7-18(13-21)24-22-10-11-28-25(22)31-17-30-24/h1-13,17H,14-16H2,(H,29,32)(H,28,30,31). The van der Waals surface area contributed by atoms with E-state index in [9.17, 15) is 4.79 Å². The van der Waals surface area contributed by atoms with Crippen LogP contribution in [0.15, 0.2) is 84.6 Å². The fraction of sp³-hybridized carbons (Fsp3) is 0.148. The molecule has 0 saturated carbocycles. The van der Waals surface area contributed by atoms with E-state index in [2.05, 4.69) is 68.8 Å². The van der Waals surface area contributed by atoms with Crippen molar-refractivity contribution in [2.24, 2.45) is 0 Å². The van der Waals surface area contributed by atoms with Crippen molar-refractivity contribution in [1.29, 1.82) is 0 Å². The fourth-order valence-corrected chi connectivity index (χ4v) is 5.61. The van der Waals surface area contributed by atoms with Crippen molar-refractivity contribution in [3.05, 3.63) is 106 Å². The van der Waals surface area contributed by atoms with Crippen LogP contribution in [0.1, 0.15) is 26.4 Å². The van der Waals surface area contributed by atoms with Crippen molar-refractivity contribution in [3.63, 3.8) is 0 Å². The second kappa shape index (κ2) is 7.98. The third kappa shape index (κ3) is 3.52. The van der Waals surface area contributed by atoms with E-state index < -0.39 is 0 Å². The van der Waals surface area contributed by atoms with Gasteiger partial charge in [0.2, 0.25) is 0 Å². The molecule has 162 valence electrons. The molecule has 6 heteroatoms. The van der Waals surface area contributed by atoms with Gasteiger partial charge in [-0.05, 0) is 53.1 Å². The summed E-state index contributed by atoms with van der Waals surface area (Å²) in [5.41, 5.74) is 6.50. The lowest BCUT2D eigenvalue weighted by atomic mass is 9.77. The summed E-state index contributed by atoms with van der Waals surface area (Å²) in [4.78, 5) is 25.6. The number of hydrogen-bond donors (Lipinski definition) is 2. The predicted molar refractivity (Wildman–Crippen MR) is 132 cm³/mol. The third-order valence-corrected chi connectivity index (χ3v) is 7.48. The molecule has 3 aromatic heterocycles. The van der Waals surface area contributed by atoms with Crippen molar-refractivity contribution < 1.29 is 4.79 Å². The first kappa shape index (κ1) is 19.9. The zero-order valence-corrected chi connectivity index (χ0v) is 18.7. The molecule has 0 spiro atoms. The SMILES string of the molecule is O=C(NCC1(c2cccc(-c3ncnc4[nH]ccc34)c2)Cc2ccccc2C1)c1cccs1. The first-order valence-corrected chi connectivity index (χ1v) is 11.9. The molecule has 0 atom stereocenters. The average Bonchev–Trinajstić information content (AvgIpc) is 3.62. The van der Waals surface area contributed by atoms with Crippen LogP contribution in [0.25, 0.3) is 22.3 Å². The number of hydrogen-bond acceptors (Lipinski definition) is 4. The lowest BCUT2D eigenvalue weighted by molar-refractivity contribution is 0.0947. The van der Waals surface area contributed by atoms with Gasteiger partial charge in [-0.2, -0.15) is 0 Å². The number of carbonyl (C=O) groups is 1. The van der Waals surface area contributed by atoms with Crippen LogP contribution in [0.2, 0.25) is 0 Å².